The summed E-state index contributed by atoms with van der Waals surface area (Å²) < 4.78 is 12.3. The largest absolute Gasteiger partial charge is 0.382 e. The number of ether oxygens (including phenoxy) is 1. The molecule has 6 nitrogen and oxygen atoms in total. The summed E-state index contributed by atoms with van der Waals surface area (Å²) in [4.78, 5) is 19.8. The first kappa shape index (κ1) is 19.1. The molecule has 0 spiro atoms. The number of fused-ring (bicyclic) bond motifs is 1. The predicted molar refractivity (Wildman–Crippen MR) is 105 cm³/mol. The molecule has 3 aromatic heterocycles. The second kappa shape index (κ2) is 8.37. The molecule has 8 heteroatoms. The number of nitrogens with zero attached hydrogens (tertiary/aromatic N) is 3. The zero-order valence-electron chi connectivity index (χ0n) is 15.5. The van der Waals surface area contributed by atoms with Crippen LogP contribution in [0.25, 0.3) is 10.2 Å². The fourth-order valence-electron chi connectivity index (χ4n) is 2.71. The van der Waals surface area contributed by atoms with E-state index in [9.17, 15) is 4.79 Å². The van der Waals surface area contributed by atoms with Crippen molar-refractivity contribution in [3.63, 3.8) is 0 Å². The van der Waals surface area contributed by atoms with E-state index in [0.29, 0.717) is 25.5 Å². The Balaban J connectivity index is 1.93. The van der Waals surface area contributed by atoms with Gasteiger partial charge < -0.3 is 9.26 Å². The van der Waals surface area contributed by atoms with Crippen molar-refractivity contribution in [2.24, 2.45) is 0 Å². The van der Waals surface area contributed by atoms with Gasteiger partial charge >= 0.3 is 0 Å². The number of aromatic nitrogens is 3. The van der Waals surface area contributed by atoms with Crippen LogP contribution < -0.4 is 5.56 Å². The highest BCUT2D eigenvalue weighted by atomic mass is 32.2. The first-order valence-electron chi connectivity index (χ1n) is 8.64. The Morgan fingerprint density at radius 3 is 2.85 bits per heavy atom. The van der Waals surface area contributed by atoms with Crippen molar-refractivity contribution in [1.82, 2.24) is 14.7 Å². The van der Waals surface area contributed by atoms with Crippen LogP contribution in [0.15, 0.2) is 20.5 Å². The second-order valence-corrected chi connectivity index (χ2v) is 8.23. The van der Waals surface area contributed by atoms with Crippen LogP contribution in [0.3, 0.4) is 0 Å². The van der Waals surface area contributed by atoms with Crippen molar-refractivity contribution in [2.45, 2.75) is 51.6 Å². The Kier molecular flexibility index (Phi) is 6.16. The number of thioether (sulfide) groups is 1. The highest BCUT2D eigenvalue weighted by Crippen LogP contribution is 2.29. The van der Waals surface area contributed by atoms with E-state index in [4.69, 9.17) is 14.2 Å². The topological polar surface area (TPSA) is 70.2 Å². The zero-order valence-corrected chi connectivity index (χ0v) is 17.1. The monoisotopic (exact) mass is 393 g/mol. The summed E-state index contributed by atoms with van der Waals surface area (Å²) in [6.07, 6.45) is 0.778. The van der Waals surface area contributed by atoms with Crippen molar-refractivity contribution < 1.29 is 9.26 Å². The molecule has 0 aliphatic heterocycles. The lowest BCUT2D eigenvalue weighted by Gasteiger charge is -2.11. The summed E-state index contributed by atoms with van der Waals surface area (Å²) >= 11 is 3.09. The number of rotatable bonds is 8. The van der Waals surface area contributed by atoms with Gasteiger partial charge in [-0.3, -0.25) is 9.36 Å². The quantitative estimate of drug-likeness (QED) is 0.326. The predicted octanol–water partition coefficient (Wildman–Crippen LogP) is 4.09. The van der Waals surface area contributed by atoms with Crippen LogP contribution >= 0.6 is 23.1 Å². The molecule has 0 atom stereocenters. The van der Waals surface area contributed by atoms with Crippen LogP contribution in [-0.4, -0.2) is 27.9 Å². The average molecular weight is 394 g/mol. The van der Waals surface area contributed by atoms with E-state index >= 15 is 0 Å². The molecular weight excluding hydrogens is 370 g/mol. The first-order chi connectivity index (χ1) is 12.5. The Morgan fingerprint density at radius 2 is 2.15 bits per heavy atom. The van der Waals surface area contributed by atoms with Crippen LogP contribution in [-0.2, 0) is 17.0 Å². The van der Waals surface area contributed by atoms with Gasteiger partial charge in [0.15, 0.2) is 5.16 Å². The molecule has 3 heterocycles. The van der Waals surface area contributed by atoms with Gasteiger partial charge in [0.2, 0.25) is 0 Å². The zero-order chi connectivity index (χ0) is 18.7. The van der Waals surface area contributed by atoms with Crippen molar-refractivity contribution in [2.75, 3.05) is 13.2 Å². The highest BCUT2D eigenvalue weighted by molar-refractivity contribution is 7.98. The van der Waals surface area contributed by atoms with Gasteiger partial charge in [-0.05, 0) is 39.7 Å². The van der Waals surface area contributed by atoms with E-state index in [1.165, 1.54) is 11.8 Å². The van der Waals surface area contributed by atoms with Crippen molar-refractivity contribution >= 4 is 33.3 Å². The SMILES string of the molecule is CCOCCCn1c(SCc2cc(C)on2)nc2sc(C)c(C)c2c1=O. The lowest BCUT2D eigenvalue weighted by Crippen LogP contribution is -2.24. The lowest BCUT2D eigenvalue weighted by atomic mass is 10.2. The molecule has 0 aliphatic rings. The molecule has 0 amide bonds. The molecule has 0 fully saturated rings. The first-order valence-corrected chi connectivity index (χ1v) is 10.4. The molecule has 140 valence electrons. The van der Waals surface area contributed by atoms with Crippen LogP contribution in [0, 0.1) is 20.8 Å². The fourth-order valence-corrected chi connectivity index (χ4v) is 4.69. The molecule has 0 aliphatic carbocycles. The molecule has 0 saturated carbocycles. The van der Waals surface area contributed by atoms with Gasteiger partial charge in [-0.15, -0.1) is 11.3 Å². The summed E-state index contributed by atoms with van der Waals surface area (Å²) in [6, 6.07) is 1.91. The minimum atomic E-state index is 0.0344. The summed E-state index contributed by atoms with van der Waals surface area (Å²) in [5.74, 6) is 1.40. The summed E-state index contributed by atoms with van der Waals surface area (Å²) in [7, 11) is 0. The van der Waals surface area contributed by atoms with Crippen LogP contribution in [0.1, 0.15) is 35.2 Å². The summed E-state index contributed by atoms with van der Waals surface area (Å²) in [5, 5.41) is 5.49. The maximum atomic E-state index is 13.1. The second-order valence-electron chi connectivity index (χ2n) is 6.08. The Labute approximate surface area is 160 Å². The van der Waals surface area contributed by atoms with Gasteiger partial charge in [0, 0.05) is 36.5 Å². The Hall–Kier alpha value is -1.64. The molecule has 3 aromatic rings. The minimum Gasteiger partial charge on any atom is -0.382 e. The van der Waals surface area contributed by atoms with Crippen molar-refractivity contribution in [3.8, 4) is 0 Å². The maximum absolute atomic E-state index is 13.1. The third kappa shape index (κ3) is 4.02. The summed E-state index contributed by atoms with van der Waals surface area (Å²) in [6.45, 7) is 9.77. The fraction of sp³-hybridized carbons (Fsp3) is 0.500. The number of aryl methyl sites for hydroxylation is 3. The molecule has 0 bridgehead atoms. The van der Waals surface area contributed by atoms with Crippen molar-refractivity contribution in [3.05, 3.63) is 38.3 Å². The van der Waals surface area contributed by atoms with E-state index in [1.807, 2.05) is 33.8 Å². The Morgan fingerprint density at radius 1 is 1.35 bits per heavy atom. The number of hydrogen-bond acceptors (Lipinski definition) is 7. The Bertz CT molecular complexity index is 959. The minimum absolute atomic E-state index is 0.0344. The standard InChI is InChI=1S/C18H23N3O3S2/c1-5-23-8-6-7-21-17(22)15-12(3)13(4)26-16(15)19-18(21)25-10-14-9-11(2)24-20-14/h9H,5-8,10H2,1-4H3. The van der Waals surface area contributed by atoms with E-state index in [1.54, 1.807) is 15.9 Å². The van der Waals surface area contributed by atoms with E-state index < -0.39 is 0 Å². The third-order valence-electron chi connectivity index (χ3n) is 4.15. The molecule has 26 heavy (non-hydrogen) atoms. The molecule has 0 radical (unpaired) electrons. The third-order valence-corrected chi connectivity index (χ3v) is 6.27. The number of thiophene rings is 1. The van der Waals surface area contributed by atoms with Gasteiger partial charge in [-0.1, -0.05) is 16.9 Å². The van der Waals surface area contributed by atoms with Gasteiger partial charge in [0.25, 0.3) is 5.56 Å². The van der Waals surface area contributed by atoms with Gasteiger partial charge in [-0.2, -0.15) is 0 Å². The van der Waals surface area contributed by atoms with Crippen LogP contribution in [0.2, 0.25) is 0 Å². The molecule has 0 N–H and O–H groups in total. The smallest absolute Gasteiger partial charge is 0.263 e. The van der Waals surface area contributed by atoms with E-state index in [-0.39, 0.29) is 5.56 Å². The maximum Gasteiger partial charge on any atom is 0.263 e. The summed E-state index contributed by atoms with van der Waals surface area (Å²) in [5.41, 5.74) is 1.91. The molecule has 0 unspecified atom stereocenters. The normalized spacial score (nSPS) is 11.5. The van der Waals surface area contributed by atoms with Crippen LogP contribution in [0.5, 0.6) is 0 Å². The average Bonchev–Trinajstić information content (AvgIpc) is 3.15. The van der Waals surface area contributed by atoms with Gasteiger partial charge in [0.05, 0.1) is 11.1 Å². The molecular formula is C18H23N3O3S2. The van der Waals surface area contributed by atoms with Gasteiger partial charge in [-0.25, -0.2) is 4.98 Å². The van der Waals surface area contributed by atoms with Gasteiger partial charge in [0.1, 0.15) is 10.6 Å². The van der Waals surface area contributed by atoms with Crippen molar-refractivity contribution in [1.29, 1.82) is 0 Å². The van der Waals surface area contributed by atoms with E-state index in [0.717, 1.165) is 43.7 Å². The van der Waals surface area contributed by atoms with E-state index in [2.05, 4.69) is 5.16 Å². The lowest BCUT2D eigenvalue weighted by molar-refractivity contribution is 0.140. The van der Waals surface area contributed by atoms with Crippen LogP contribution in [0.4, 0.5) is 0 Å². The highest BCUT2D eigenvalue weighted by Gasteiger charge is 2.17. The molecule has 3 rings (SSSR count). The molecule has 0 saturated heterocycles. The molecule has 0 aromatic carbocycles. The number of hydrogen-bond donors (Lipinski definition) is 0.